The number of carbonyl (C=O) groups excluding carboxylic acids is 2. The average molecular weight is 389 g/mol. The molecule has 1 rings (SSSR count). The molecule has 0 aliphatic rings. The van der Waals surface area contributed by atoms with Crippen molar-refractivity contribution >= 4 is 35.1 Å². The molecule has 4 nitrogen and oxygen atoms in total. The van der Waals surface area contributed by atoms with Crippen LogP contribution in [0.1, 0.15) is 56.9 Å². The summed E-state index contributed by atoms with van der Waals surface area (Å²) in [6, 6.07) is 4.98. The van der Waals surface area contributed by atoms with Crippen LogP contribution in [-0.4, -0.2) is 24.4 Å². The Hall–Kier alpha value is -1.26. The second-order valence-corrected chi connectivity index (χ2v) is 6.70. The molecular weight excluding hydrogens is 363 g/mol. The van der Waals surface area contributed by atoms with Crippen LogP contribution < -0.4 is 4.74 Å². The van der Waals surface area contributed by atoms with Crippen molar-refractivity contribution in [2.45, 2.75) is 58.3 Å². The van der Waals surface area contributed by atoms with Crippen molar-refractivity contribution in [3.8, 4) is 5.75 Å². The lowest BCUT2D eigenvalue weighted by molar-refractivity contribution is -0.147. The third kappa shape index (κ3) is 10.4. The summed E-state index contributed by atoms with van der Waals surface area (Å²) in [4.78, 5) is 23.4. The Morgan fingerprint density at radius 3 is 2.28 bits per heavy atom. The van der Waals surface area contributed by atoms with Gasteiger partial charge < -0.3 is 9.47 Å². The summed E-state index contributed by atoms with van der Waals surface area (Å²) in [6.07, 6.45) is 6.41. The van der Waals surface area contributed by atoms with Crippen LogP contribution in [0.15, 0.2) is 18.2 Å². The van der Waals surface area contributed by atoms with E-state index in [1.165, 1.54) is 0 Å². The molecule has 0 saturated carbocycles. The van der Waals surface area contributed by atoms with Crippen molar-refractivity contribution in [3.05, 3.63) is 28.8 Å². The highest BCUT2D eigenvalue weighted by Gasteiger charge is 2.10. The summed E-state index contributed by atoms with van der Waals surface area (Å²) in [7, 11) is 0. The first kappa shape index (κ1) is 21.8. The maximum absolute atomic E-state index is 11.7. The fourth-order valence-corrected chi connectivity index (χ4v) is 2.54. The minimum Gasteiger partial charge on any atom is -0.466 e. The highest BCUT2D eigenvalue weighted by atomic mass is 35.5. The highest BCUT2D eigenvalue weighted by Crippen LogP contribution is 2.21. The van der Waals surface area contributed by atoms with Crippen LogP contribution >= 0.6 is 23.2 Å². The Bertz CT molecular complexity index is 546. The minimum atomic E-state index is -0.460. The average Bonchev–Trinajstić information content (AvgIpc) is 2.58. The Kier molecular flexibility index (Phi) is 11.3. The first-order valence-corrected chi connectivity index (χ1v) is 9.62. The number of benzene rings is 1. The molecule has 6 heteroatoms. The molecule has 140 valence electrons. The predicted octanol–water partition coefficient (Wildman–Crippen LogP) is 5.46. The molecule has 25 heavy (non-hydrogen) atoms. The number of alkyl halides is 1. The van der Waals surface area contributed by atoms with Crippen molar-refractivity contribution in [3.63, 3.8) is 0 Å². The van der Waals surface area contributed by atoms with Gasteiger partial charge in [-0.25, -0.2) is 0 Å². The number of aryl methyl sites for hydroxylation is 1. The van der Waals surface area contributed by atoms with E-state index in [1.54, 1.807) is 18.2 Å². The summed E-state index contributed by atoms with van der Waals surface area (Å²) in [5.41, 5.74) is 0.828. The van der Waals surface area contributed by atoms with E-state index in [1.807, 2.05) is 6.92 Å². The minimum absolute atomic E-state index is 0.00106. The summed E-state index contributed by atoms with van der Waals surface area (Å²) >= 11 is 11.5. The summed E-state index contributed by atoms with van der Waals surface area (Å²) in [6.45, 7) is 2.23. The standard InChI is InChI=1S/C19H26Cl2O4/c1-15-14-16(8-9-17(15)21)25-19(23)11-10-18(22)24-13-7-5-3-2-4-6-12-20/h8-9,14H,2-7,10-13H2,1H3. The van der Waals surface area contributed by atoms with Gasteiger partial charge in [0, 0.05) is 10.9 Å². The molecule has 0 aliphatic heterocycles. The molecule has 0 amide bonds. The normalized spacial score (nSPS) is 10.5. The van der Waals surface area contributed by atoms with E-state index in [2.05, 4.69) is 0 Å². The number of rotatable bonds is 12. The lowest BCUT2D eigenvalue weighted by Crippen LogP contribution is -2.13. The Labute approximate surface area is 159 Å². The molecule has 1 aromatic rings. The molecule has 0 aliphatic carbocycles. The van der Waals surface area contributed by atoms with E-state index < -0.39 is 5.97 Å². The molecule has 0 radical (unpaired) electrons. The number of hydrogen-bond acceptors (Lipinski definition) is 4. The van der Waals surface area contributed by atoms with Crippen molar-refractivity contribution in [1.29, 1.82) is 0 Å². The Balaban J connectivity index is 2.09. The van der Waals surface area contributed by atoms with Gasteiger partial charge in [0.15, 0.2) is 0 Å². The van der Waals surface area contributed by atoms with Crippen LogP contribution in [0.25, 0.3) is 0 Å². The second-order valence-electron chi connectivity index (χ2n) is 5.92. The molecule has 0 aromatic heterocycles. The van der Waals surface area contributed by atoms with Gasteiger partial charge in [-0.05, 0) is 43.5 Å². The van der Waals surface area contributed by atoms with Crippen LogP contribution in [0.4, 0.5) is 0 Å². The first-order chi connectivity index (χ1) is 12.0. The molecule has 0 bridgehead atoms. The summed E-state index contributed by atoms with van der Waals surface area (Å²) in [5.74, 6) is 0.316. The zero-order chi connectivity index (χ0) is 18.5. The zero-order valence-electron chi connectivity index (χ0n) is 14.7. The third-order valence-electron chi connectivity index (χ3n) is 3.69. The molecule has 0 spiro atoms. The molecule has 0 fully saturated rings. The van der Waals surface area contributed by atoms with E-state index in [4.69, 9.17) is 32.7 Å². The maximum atomic E-state index is 11.7. The fraction of sp³-hybridized carbons (Fsp3) is 0.579. The second kappa shape index (κ2) is 13.0. The number of hydrogen-bond donors (Lipinski definition) is 0. The number of unbranched alkanes of at least 4 members (excludes halogenated alkanes) is 5. The number of carbonyl (C=O) groups is 2. The molecular formula is C19H26Cl2O4. The summed E-state index contributed by atoms with van der Waals surface area (Å²) in [5, 5.41) is 0.613. The van der Waals surface area contributed by atoms with Crippen molar-refractivity contribution in [1.82, 2.24) is 0 Å². The molecule has 1 aromatic carbocycles. The van der Waals surface area contributed by atoms with Gasteiger partial charge >= 0.3 is 11.9 Å². The van der Waals surface area contributed by atoms with E-state index in [9.17, 15) is 9.59 Å². The number of ether oxygens (including phenoxy) is 2. The Morgan fingerprint density at radius 2 is 1.60 bits per heavy atom. The third-order valence-corrected chi connectivity index (χ3v) is 4.38. The lowest BCUT2D eigenvalue weighted by Gasteiger charge is -2.07. The smallest absolute Gasteiger partial charge is 0.311 e. The number of esters is 2. The van der Waals surface area contributed by atoms with Gasteiger partial charge in [-0.1, -0.05) is 37.3 Å². The number of halogens is 2. The predicted molar refractivity (Wildman–Crippen MR) is 100 cm³/mol. The van der Waals surface area contributed by atoms with Crippen molar-refractivity contribution in [2.75, 3.05) is 12.5 Å². The van der Waals surface area contributed by atoms with E-state index in [0.717, 1.165) is 50.0 Å². The van der Waals surface area contributed by atoms with Crippen molar-refractivity contribution in [2.24, 2.45) is 0 Å². The van der Waals surface area contributed by atoms with Gasteiger partial charge in [0.2, 0.25) is 0 Å². The highest BCUT2D eigenvalue weighted by molar-refractivity contribution is 6.31. The van der Waals surface area contributed by atoms with Crippen LogP contribution in [-0.2, 0) is 14.3 Å². The van der Waals surface area contributed by atoms with Crippen LogP contribution in [0.2, 0.25) is 5.02 Å². The SMILES string of the molecule is Cc1cc(OC(=O)CCC(=O)OCCCCCCCCCl)ccc1Cl. The molecule has 0 atom stereocenters. The van der Waals surface area contributed by atoms with Crippen LogP contribution in [0.5, 0.6) is 5.75 Å². The lowest BCUT2D eigenvalue weighted by atomic mass is 10.1. The van der Waals surface area contributed by atoms with Crippen molar-refractivity contribution < 1.29 is 19.1 Å². The fourth-order valence-electron chi connectivity index (χ4n) is 2.23. The molecule has 0 unspecified atom stereocenters. The molecule has 0 heterocycles. The van der Waals surface area contributed by atoms with Crippen LogP contribution in [0, 0.1) is 6.92 Å². The van der Waals surface area contributed by atoms with Gasteiger partial charge in [0.25, 0.3) is 0 Å². The molecule has 0 saturated heterocycles. The van der Waals surface area contributed by atoms with E-state index in [-0.39, 0.29) is 18.8 Å². The van der Waals surface area contributed by atoms with Gasteiger partial charge in [0.1, 0.15) is 5.75 Å². The van der Waals surface area contributed by atoms with Gasteiger partial charge in [-0.3, -0.25) is 9.59 Å². The molecule has 0 N–H and O–H groups in total. The maximum Gasteiger partial charge on any atom is 0.311 e. The van der Waals surface area contributed by atoms with Gasteiger partial charge in [0.05, 0.1) is 19.4 Å². The van der Waals surface area contributed by atoms with Gasteiger partial charge in [-0.2, -0.15) is 0 Å². The quantitative estimate of drug-likeness (QED) is 0.206. The van der Waals surface area contributed by atoms with Crippen LogP contribution in [0.3, 0.4) is 0 Å². The largest absolute Gasteiger partial charge is 0.466 e. The zero-order valence-corrected chi connectivity index (χ0v) is 16.2. The van der Waals surface area contributed by atoms with E-state index in [0.29, 0.717) is 17.4 Å². The topological polar surface area (TPSA) is 52.6 Å². The summed E-state index contributed by atoms with van der Waals surface area (Å²) < 4.78 is 10.3. The first-order valence-electron chi connectivity index (χ1n) is 8.71. The monoisotopic (exact) mass is 388 g/mol. The Morgan fingerprint density at radius 1 is 0.960 bits per heavy atom. The van der Waals surface area contributed by atoms with Gasteiger partial charge in [-0.15, -0.1) is 11.6 Å². The van der Waals surface area contributed by atoms with E-state index >= 15 is 0 Å².